The predicted molar refractivity (Wildman–Crippen MR) is 112 cm³/mol. The third-order valence-electron chi connectivity index (χ3n) is 5.62. The molecule has 1 aromatic carbocycles. The lowest BCUT2D eigenvalue weighted by molar-refractivity contribution is -0.132. The van der Waals surface area contributed by atoms with Crippen LogP contribution in [0, 0.1) is 5.92 Å². The highest BCUT2D eigenvalue weighted by Crippen LogP contribution is 2.32. The van der Waals surface area contributed by atoms with Gasteiger partial charge in [-0.05, 0) is 55.0 Å². The monoisotopic (exact) mass is 417 g/mol. The van der Waals surface area contributed by atoms with Crippen LogP contribution in [0.2, 0.25) is 0 Å². The van der Waals surface area contributed by atoms with E-state index >= 15 is 0 Å². The number of nitrogens with zero attached hydrogens (tertiary/aromatic N) is 1. The molecule has 29 heavy (non-hydrogen) atoms. The molecule has 0 radical (unpaired) electrons. The van der Waals surface area contributed by atoms with Crippen LogP contribution < -0.4 is 11.2 Å². The first kappa shape index (κ1) is 21.3. The molecular formula is C21H27N3O4S. The fourth-order valence-corrected chi connectivity index (χ4v) is 5.12. The molecule has 0 spiro atoms. The zero-order valence-corrected chi connectivity index (χ0v) is 17.2. The Kier molecular flexibility index (Phi) is 7.22. The molecule has 0 bridgehead atoms. The van der Waals surface area contributed by atoms with Crippen molar-refractivity contribution in [1.29, 1.82) is 0 Å². The van der Waals surface area contributed by atoms with Gasteiger partial charge in [-0.2, -0.15) is 0 Å². The first-order valence-electron chi connectivity index (χ1n) is 10.0. The number of carbonyl (C=O) groups is 3. The molecule has 1 aromatic heterocycles. The average molecular weight is 418 g/mol. The van der Waals surface area contributed by atoms with Gasteiger partial charge in [-0.1, -0.05) is 18.2 Å². The number of amides is 3. The minimum atomic E-state index is -0.440. The number of benzene rings is 1. The summed E-state index contributed by atoms with van der Waals surface area (Å²) in [5.74, 6) is -0.181. The SMILES string of the molecule is NC(=O)c1sc2ccccc2c1CCC(=O)N1CCC(CCCC(=O)NO)CC1. The predicted octanol–water partition coefficient (Wildman–Crippen LogP) is 2.85. The van der Waals surface area contributed by atoms with Crippen LogP contribution in [0.5, 0.6) is 0 Å². The van der Waals surface area contributed by atoms with Crippen LogP contribution in [0.3, 0.4) is 0 Å². The first-order chi connectivity index (χ1) is 14.0. The number of likely N-dealkylation sites (tertiary alicyclic amines) is 1. The van der Waals surface area contributed by atoms with E-state index in [2.05, 4.69) is 0 Å². The van der Waals surface area contributed by atoms with Crippen molar-refractivity contribution in [3.05, 3.63) is 34.7 Å². The van der Waals surface area contributed by atoms with Gasteiger partial charge in [-0.3, -0.25) is 19.6 Å². The van der Waals surface area contributed by atoms with E-state index in [1.807, 2.05) is 29.2 Å². The highest BCUT2D eigenvalue weighted by Gasteiger charge is 2.24. The summed E-state index contributed by atoms with van der Waals surface area (Å²) >= 11 is 1.39. The molecule has 1 aliphatic rings. The van der Waals surface area contributed by atoms with Gasteiger partial charge in [-0.25, -0.2) is 5.48 Å². The number of nitrogens with one attached hydrogen (secondary N) is 1. The molecule has 1 fully saturated rings. The smallest absolute Gasteiger partial charge is 0.259 e. The minimum Gasteiger partial charge on any atom is -0.365 e. The van der Waals surface area contributed by atoms with Gasteiger partial charge in [-0.15, -0.1) is 11.3 Å². The second-order valence-electron chi connectivity index (χ2n) is 7.52. The largest absolute Gasteiger partial charge is 0.365 e. The number of hydrogen-bond donors (Lipinski definition) is 3. The van der Waals surface area contributed by atoms with Gasteiger partial charge in [0.15, 0.2) is 0 Å². The van der Waals surface area contributed by atoms with Gasteiger partial charge >= 0.3 is 0 Å². The maximum Gasteiger partial charge on any atom is 0.259 e. The lowest BCUT2D eigenvalue weighted by Gasteiger charge is -2.32. The Labute approximate surface area is 173 Å². The van der Waals surface area contributed by atoms with Crippen LogP contribution in [-0.4, -0.2) is 40.9 Å². The lowest BCUT2D eigenvalue weighted by Crippen LogP contribution is -2.38. The molecule has 1 saturated heterocycles. The molecular weight excluding hydrogens is 390 g/mol. The zero-order chi connectivity index (χ0) is 20.8. The molecule has 0 aliphatic carbocycles. The molecule has 0 saturated carbocycles. The lowest BCUT2D eigenvalue weighted by atomic mass is 9.91. The maximum atomic E-state index is 12.7. The molecule has 7 nitrogen and oxygen atoms in total. The molecule has 4 N–H and O–H groups in total. The van der Waals surface area contributed by atoms with Crippen molar-refractivity contribution in [1.82, 2.24) is 10.4 Å². The van der Waals surface area contributed by atoms with Crippen molar-refractivity contribution in [2.75, 3.05) is 13.1 Å². The Hall–Kier alpha value is -2.45. The van der Waals surface area contributed by atoms with E-state index in [1.165, 1.54) is 11.3 Å². The van der Waals surface area contributed by atoms with E-state index in [0.717, 1.165) is 54.4 Å². The Morgan fingerprint density at radius 2 is 1.90 bits per heavy atom. The number of carbonyl (C=O) groups excluding carboxylic acids is 3. The number of hydroxylamine groups is 1. The molecule has 0 atom stereocenters. The zero-order valence-electron chi connectivity index (χ0n) is 16.4. The van der Waals surface area contributed by atoms with Crippen LogP contribution in [0.4, 0.5) is 0 Å². The molecule has 2 aromatic rings. The van der Waals surface area contributed by atoms with E-state index in [9.17, 15) is 14.4 Å². The standard InChI is InChI=1S/C21H27N3O4S/c22-21(27)20-16(15-5-1-2-6-17(15)29-20)8-9-19(26)24-12-10-14(11-13-24)4-3-7-18(25)23-28/h1-2,5-6,14,28H,3-4,7-13H2,(H2,22,27)(H,23,25). The third-order valence-corrected chi connectivity index (χ3v) is 6.85. The molecule has 2 heterocycles. The summed E-state index contributed by atoms with van der Waals surface area (Å²) in [7, 11) is 0. The van der Waals surface area contributed by atoms with E-state index in [4.69, 9.17) is 10.9 Å². The van der Waals surface area contributed by atoms with Gasteiger partial charge in [0.05, 0.1) is 4.88 Å². The molecule has 156 valence electrons. The van der Waals surface area contributed by atoms with Crippen LogP contribution in [0.25, 0.3) is 10.1 Å². The Morgan fingerprint density at radius 1 is 1.17 bits per heavy atom. The number of nitrogens with two attached hydrogens (primary N) is 1. The summed E-state index contributed by atoms with van der Waals surface area (Å²) in [6.07, 6.45) is 4.73. The second-order valence-corrected chi connectivity index (χ2v) is 8.57. The van der Waals surface area contributed by atoms with Gasteiger partial charge in [0, 0.05) is 30.6 Å². The fourth-order valence-electron chi connectivity index (χ4n) is 4.01. The topological polar surface area (TPSA) is 113 Å². The number of fused-ring (bicyclic) bond motifs is 1. The van der Waals surface area contributed by atoms with Crippen LogP contribution in [-0.2, 0) is 16.0 Å². The van der Waals surface area contributed by atoms with E-state index in [1.54, 1.807) is 5.48 Å². The molecule has 0 unspecified atom stereocenters. The summed E-state index contributed by atoms with van der Waals surface area (Å²) in [6.45, 7) is 1.45. The van der Waals surface area contributed by atoms with Crippen molar-refractivity contribution in [2.24, 2.45) is 11.7 Å². The van der Waals surface area contributed by atoms with E-state index in [0.29, 0.717) is 30.1 Å². The maximum absolute atomic E-state index is 12.7. The summed E-state index contributed by atoms with van der Waals surface area (Å²) < 4.78 is 1.01. The summed E-state index contributed by atoms with van der Waals surface area (Å²) in [5.41, 5.74) is 8.08. The normalized spacial score (nSPS) is 14.9. The molecule has 3 amide bonds. The summed E-state index contributed by atoms with van der Waals surface area (Å²) in [5, 5.41) is 9.53. The highest BCUT2D eigenvalue weighted by molar-refractivity contribution is 7.21. The van der Waals surface area contributed by atoms with Crippen molar-refractivity contribution in [3.8, 4) is 0 Å². The fraction of sp³-hybridized carbons (Fsp3) is 0.476. The number of piperidine rings is 1. The van der Waals surface area contributed by atoms with Gasteiger partial charge in [0.1, 0.15) is 0 Å². The summed E-state index contributed by atoms with van der Waals surface area (Å²) in [6, 6.07) is 7.80. The van der Waals surface area contributed by atoms with Crippen molar-refractivity contribution in [3.63, 3.8) is 0 Å². The Morgan fingerprint density at radius 3 is 2.59 bits per heavy atom. The van der Waals surface area contributed by atoms with Crippen LogP contribution in [0.1, 0.15) is 53.8 Å². The van der Waals surface area contributed by atoms with Crippen molar-refractivity contribution >= 4 is 39.1 Å². The third kappa shape index (κ3) is 5.33. The van der Waals surface area contributed by atoms with Crippen LogP contribution >= 0.6 is 11.3 Å². The minimum absolute atomic E-state index is 0.105. The average Bonchev–Trinajstić information content (AvgIpc) is 3.11. The highest BCUT2D eigenvalue weighted by atomic mass is 32.1. The second kappa shape index (κ2) is 9.84. The quantitative estimate of drug-likeness (QED) is 0.453. The number of hydrogen-bond acceptors (Lipinski definition) is 5. The Bertz CT molecular complexity index is 887. The molecule has 8 heteroatoms. The number of aryl methyl sites for hydroxylation is 1. The molecule has 3 rings (SSSR count). The van der Waals surface area contributed by atoms with Gasteiger partial charge in [0.25, 0.3) is 5.91 Å². The van der Waals surface area contributed by atoms with Crippen molar-refractivity contribution < 1.29 is 19.6 Å². The number of thiophene rings is 1. The summed E-state index contributed by atoms with van der Waals surface area (Å²) in [4.78, 5) is 38.0. The molecule has 1 aliphatic heterocycles. The van der Waals surface area contributed by atoms with Crippen LogP contribution in [0.15, 0.2) is 24.3 Å². The van der Waals surface area contributed by atoms with Gasteiger partial charge in [0.2, 0.25) is 11.8 Å². The number of primary amides is 1. The van der Waals surface area contributed by atoms with E-state index in [-0.39, 0.29) is 11.8 Å². The van der Waals surface area contributed by atoms with Crippen molar-refractivity contribution in [2.45, 2.75) is 44.9 Å². The van der Waals surface area contributed by atoms with Gasteiger partial charge < -0.3 is 10.6 Å². The first-order valence-corrected chi connectivity index (χ1v) is 10.8. The Balaban J connectivity index is 1.51. The van der Waals surface area contributed by atoms with E-state index < -0.39 is 5.91 Å². The number of rotatable bonds is 8.